The van der Waals surface area contributed by atoms with Gasteiger partial charge in [0, 0.05) is 0 Å². The van der Waals surface area contributed by atoms with Crippen molar-refractivity contribution in [2.45, 2.75) is 63.2 Å². The zero-order valence-electron chi connectivity index (χ0n) is 22.9. The van der Waals surface area contributed by atoms with Gasteiger partial charge in [0.1, 0.15) is 0 Å². The molecule has 0 bridgehead atoms. The van der Waals surface area contributed by atoms with E-state index in [1.165, 1.54) is 97.8 Å². The highest BCUT2D eigenvalue weighted by Crippen LogP contribution is 2.45. The van der Waals surface area contributed by atoms with Gasteiger partial charge in [0.25, 0.3) is 0 Å². The molecule has 4 aromatic rings. The lowest BCUT2D eigenvalue weighted by molar-refractivity contribution is 0.627. The van der Waals surface area contributed by atoms with Crippen LogP contribution in [-0.4, -0.2) is 12.3 Å². The zero-order valence-corrected chi connectivity index (χ0v) is 24.7. The lowest BCUT2D eigenvalue weighted by atomic mass is 10.1. The van der Waals surface area contributed by atoms with E-state index in [9.17, 15) is 0 Å². The quantitative estimate of drug-likeness (QED) is 0.0926. The lowest BCUT2D eigenvalue weighted by Gasteiger charge is -2.19. The van der Waals surface area contributed by atoms with Crippen LogP contribution in [-0.2, 0) is 24.6 Å². The van der Waals surface area contributed by atoms with Gasteiger partial charge in [-0.3, -0.25) is 0 Å². The summed E-state index contributed by atoms with van der Waals surface area (Å²) >= 11 is 0. The molecule has 0 N–H and O–H groups in total. The van der Waals surface area contributed by atoms with E-state index in [0.29, 0.717) is 0 Å². The molecule has 0 heterocycles. The van der Waals surface area contributed by atoms with Gasteiger partial charge in [0.15, 0.2) is 0 Å². The number of unbranched alkanes of at least 4 members (excludes halogenated alkanes) is 5. The van der Waals surface area contributed by atoms with Crippen molar-refractivity contribution in [3.63, 3.8) is 0 Å². The van der Waals surface area contributed by atoms with Crippen LogP contribution < -0.4 is 0 Å². The monoisotopic (exact) mass is 538 g/mol. The summed E-state index contributed by atoms with van der Waals surface area (Å²) in [6.07, 6.45) is 16.2. The second kappa shape index (κ2) is 17.4. The maximum Gasteiger partial charge on any atom is -0.00701 e. The molecule has 0 amide bonds. The van der Waals surface area contributed by atoms with Gasteiger partial charge in [-0.1, -0.05) is 163 Å². The smallest absolute Gasteiger partial charge is 0.00701 e. The van der Waals surface area contributed by atoms with Crippen LogP contribution >= 0.6 is 15.8 Å². The van der Waals surface area contributed by atoms with Crippen molar-refractivity contribution in [3.05, 3.63) is 144 Å². The molecular formula is C36H44P2. The van der Waals surface area contributed by atoms with Gasteiger partial charge >= 0.3 is 0 Å². The number of benzene rings is 4. The Morgan fingerprint density at radius 2 is 0.526 bits per heavy atom. The van der Waals surface area contributed by atoms with Gasteiger partial charge in [-0.05, 0) is 72.1 Å². The van der Waals surface area contributed by atoms with Crippen LogP contribution in [0.5, 0.6) is 0 Å². The third-order valence-electron chi connectivity index (χ3n) is 7.19. The molecule has 0 fully saturated rings. The van der Waals surface area contributed by atoms with E-state index in [2.05, 4.69) is 121 Å². The second-order valence-electron chi connectivity index (χ2n) is 10.5. The second-order valence-corrected chi connectivity index (χ2v) is 15.3. The summed E-state index contributed by atoms with van der Waals surface area (Å²) in [5.74, 6) is 0. The van der Waals surface area contributed by atoms with Crippen LogP contribution in [0, 0.1) is 0 Å². The van der Waals surface area contributed by atoms with Crippen molar-refractivity contribution in [1.29, 1.82) is 0 Å². The molecule has 0 spiro atoms. The average molecular weight is 539 g/mol. The minimum atomic E-state index is 0.00414. The number of rotatable bonds is 17. The van der Waals surface area contributed by atoms with E-state index >= 15 is 0 Å². The summed E-state index contributed by atoms with van der Waals surface area (Å²) in [6.45, 7) is 0. The van der Waals surface area contributed by atoms with Crippen LogP contribution in [0.25, 0.3) is 0 Å². The standard InChI is InChI=1S/C36H44P2/c1(3-17-27-37(29-33-19-9-5-10-20-33)30-34-21-11-6-12-22-34)2-4-18-28-38(31-35-23-13-7-14-24-35)32-36-25-15-8-16-26-36/h5-16,19-26H,1-4,17-18,27-32H2. The highest BCUT2D eigenvalue weighted by molar-refractivity contribution is 7.56. The van der Waals surface area contributed by atoms with E-state index in [1.54, 1.807) is 0 Å². The van der Waals surface area contributed by atoms with Crippen LogP contribution in [0.2, 0.25) is 0 Å². The first kappa shape index (κ1) is 28.7. The molecule has 0 saturated heterocycles. The van der Waals surface area contributed by atoms with E-state index in [-0.39, 0.29) is 15.8 Å². The zero-order chi connectivity index (χ0) is 26.1. The molecule has 0 aliphatic carbocycles. The topological polar surface area (TPSA) is 0 Å². The summed E-state index contributed by atoms with van der Waals surface area (Å²) in [7, 11) is 0.00828. The fourth-order valence-corrected chi connectivity index (χ4v) is 10.3. The summed E-state index contributed by atoms with van der Waals surface area (Å²) in [6, 6.07) is 44.6. The highest BCUT2D eigenvalue weighted by atomic mass is 31.1. The maximum absolute atomic E-state index is 2.31. The van der Waals surface area contributed by atoms with Gasteiger partial charge in [0.05, 0.1) is 0 Å². The Hall–Kier alpha value is -2.26. The predicted molar refractivity (Wildman–Crippen MR) is 172 cm³/mol. The van der Waals surface area contributed by atoms with Crippen molar-refractivity contribution < 1.29 is 0 Å². The van der Waals surface area contributed by atoms with Crippen molar-refractivity contribution in [2.24, 2.45) is 0 Å². The Balaban J connectivity index is 1.16. The molecule has 0 aromatic heterocycles. The van der Waals surface area contributed by atoms with Crippen molar-refractivity contribution in [2.75, 3.05) is 12.3 Å². The Labute approximate surface area is 234 Å². The minimum absolute atomic E-state index is 0.00414. The number of hydrogen-bond acceptors (Lipinski definition) is 0. The van der Waals surface area contributed by atoms with Crippen LogP contribution in [0.1, 0.15) is 60.8 Å². The molecule has 0 radical (unpaired) electrons. The maximum atomic E-state index is 2.31. The van der Waals surface area contributed by atoms with Crippen molar-refractivity contribution in [1.82, 2.24) is 0 Å². The molecule has 0 nitrogen and oxygen atoms in total. The normalized spacial score (nSPS) is 11.3. The molecule has 0 atom stereocenters. The molecule has 4 aromatic carbocycles. The van der Waals surface area contributed by atoms with E-state index < -0.39 is 0 Å². The SMILES string of the molecule is c1ccc(CP(CCCCCCCCP(Cc2ccccc2)Cc2ccccc2)Cc2ccccc2)cc1. The first-order valence-corrected chi connectivity index (χ1v) is 18.2. The largest absolute Gasteiger partial charge is 0.0977 e. The Morgan fingerprint density at radius 1 is 0.289 bits per heavy atom. The first-order chi connectivity index (χ1) is 18.8. The summed E-state index contributed by atoms with van der Waals surface area (Å²) in [5.41, 5.74) is 6.04. The molecular weight excluding hydrogens is 494 g/mol. The van der Waals surface area contributed by atoms with Gasteiger partial charge in [0.2, 0.25) is 0 Å². The summed E-state index contributed by atoms with van der Waals surface area (Å²) < 4.78 is 0. The average Bonchev–Trinajstić information content (AvgIpc) is 2.96. The summed E-state index contributed by atoms with van der Waals surface area (Å²) in [4.78, 5) is 0. The van der Waals surface area contributed by atoms with E-state index in [4.69, 9.17) is 0 Å². The number of hydrogen-bond donors (Lipinski definition) is 0. The molecule has 0 aliphatic heterocycles. The van der Waals surface area contributed by atoms with Gasteiger partial charge in [-0.25, -0.2) is 0 Å². The van der Waals surface area contributed by atoms with Gasteiger partial charge in [-0.2, -0.15) is 0 Å². The fourth-order valence-electron chi connectivity index (χ4n) is 5.17. The first-order valence-electron chi connectivity index (χ1n) is 14.5. The van der Waals surface area contributed by atoms with Crippen molar-refractivity contribution in [3.8, 4) is 0 Å². The molecule has 38 heavy (non-hydrogen) atoms. The molecule has 0 unspecified atom stereocenters. The third kappa shape index (κ3) is 11.2. The Bertz CT molecular complexity index is 937. The van der Waals surface area contributed by atoms with Crippen LogP contribution in [0.4, 0.5) is 0 Å². The summed E-state index contributed by atoms with van der Waals surface area (Å²) in [5, 5.41) is 0. The van der Waals surface area contributed by atoms with Gasteiger partial charge in [-0.15, -0.1) is 0 Å². The third-order valence-corrected chi connectivity index (χ3v) is 12.3. The fraction of sp³-hybridized carbons (Fsp3) is 0.333. The Kier molecular flexibility index (Phi) is 13.1. The highest BCUT2D eigenvalue weighted by Gasteiger charge is 2.12. The van der Waals surface area contributed by atoms with Crippen LogP contribution in [0.3, 0.4) is 0 Å². The predicted octanol–water partition coefficient (Wildman–Crippen LogP) is 11.1. The van der Waals surface area contributed by atoms with Crippen LogP contribution in [0.15, 0.2) is 121 Å². The molecule has 4 rings (SSSR count). The molecule has 198 valence electrons. The molecule has 0 aliphatic rings. The van der Waals surface area contributed by atoms with Gasteiger partial charge < -0.3 is 0 Å². The molecule has 2 heteroatoms. The molecule has 0 saturated carbocycles. The Morgan fingerprint density at radius 3 is 0.789 bits per heavy atom. The lowest BCUT2D eigenvalue weighted by Crippen LogP contribution is -1.95. The minimum Gasteiger partial charge on any atom is -0.0977 e. The van der Waals surface area contributed by atoms with Crippen molar-refractivity contribution >= 4 is 15.8 Å². The van der Waals surface area contributed by atoms with E-state index in [1.807, 2.05) is 0 Å². The van der Waals surface area contributed by atoms with E-state index in [0.717, 1.165) is 0 Å².